The molecule has 3 aromatic rings. The number of carbonyl (C=O) groups is 1. The Morgan fingerprint density at radius 2 is 1.50 bits per heavy atom. The largest absolute Gasteiger partial charge is 0.384 e. The molecule has 0 aliphatic rings. The summed E-state index contributed by atoms with van der Waals surface area (Å²) < 4.78 is 12.9. The van der Waals surface area contributed by atoms with Gasteiger partial charge in [0.1, 0.15) is 11.4 Å². The molecule has 0 radical (unpaired) electrons. The number of halogens is 1. The smallest absolute Gasteiger partial charge is 0.315 e. The first-order valence-corrected chi connectivity index (χ1v) is 9.08. The number of nitrogens with one attached hydrogen (secondary N) is 2. The Kier molecular flexibility index (Phi) is 6.06. The van der Waals surface area contributed by atoms with Gasteiger partial charge in [0.2, 0.25) is 0 Å². The normalized spacial score (nSPS) is 12.8. The van der Waals surface area contributed by atoms with Crippen molar-refractivity contribution in [2.45, 2.75) is 19.1 Å². The molecule has 144 valence electrons. The van der Waals surface area contributed by atoms with Crippen molar-refractivity contribution < 1.29 is 14.3 Å². The van der Waals surface area contributed by atoms with Crippen molar-refractivity contribution in [3.8, 4) is 11.1 Å². The van der Waals surface area contributed by atoms with Crippen LogP contribution < -0.4 is 10.6 Å². The van der Waals surface area contributed by atoms with Crippen LogP contribution in [0.4, 0.5) is 9.18 Å². The Bertz CT molecular complexity index is 908. The van der Waals surface area contributed by atoms with Gasteiger partial charge in [-0.3, -0.25) is 0 Å². The highest BCUT2D eigenvalue weighted by atomic mass is 19.1. The number of hydrogen-bond acceptors (Lipinski definition) is 2. The van der Waals surface area contributed by atoms with Crippen molar-refractivity contribution in [3.05, 3.63) is 95.8 Å². The van der Waals surface area contributed by atoms with E-state index in [9.17, 15) is 14.3 Å². The standard InChI is InChI=1S/C23H23FN2O2/c1-23(28,16-26-22(27)25-15-17-7-13-21(24)14-8-17)20-11-9-19(10-12-20)18-5-3-2-4-6-18/h2-14,28H,15-16H2,1H3,(H2,25,26,27)/t23-/m1/s1. The molecule has 0 spiro atoms. The number of urea groups is 1. The maximum Gasteiger partial charge on any atom is 0.315 e. The van der Waals surface area contributed by atoms with Gasteiger partial charge >= 0.3 is 6.03 Å². The summed E-state index contributed by atoms with van der Waals surface area (Å²) in [5.41, 5.74) is 2.46. The Hall–Kier alpha value is -3.18. The van der Waals surface area contributed by atoms with Gasteiger partial charge < -0.3 is 15.7 Å². The lowest BCUT2D eigenvalue weighted by Gasteiger charge is -2.24. The van der Waals surface area contributed by atoms with Crippen LogP contribution in [-0.2, 0) is 12.1 Å². The highest BCUT2D eigenvalue weighted by Gasteiger charge is 2.23. The summed E-state index contributed by atoms with van der Waals surface area (Å²) in [6, 6.07) is 23.1. The molecule has 0 aromatic heterocycles. The Morgan fingerprint density at radius 3 is 2.14 bits per heavy atom. The van der Waals surface area contributed by atoms with Gasteiger partial charge in [-0.05, 0) is 41.3 Å². The molecular weight excluding hydrogens is 355 g/mol. The fourth-order valence-corrected chi connectivity index (χ4v) is 2.85. The zero-order valence-corrected chi connectivity index (χ0v) is 15.7. The van der Waals surface area contributed by atoms with E-state index in [-0.39, 0.29) is 18.9 Å². The van der Waals surface area contributed by atoms with Gasteiger partial charge in [-0.2, -0.15) is 0 Å². The molecule has 0 unspecified atom stereocenters. The van der Waals surface area contributed by atoms with Crippen molar-refractivity contribution >= 4 is 6.03 Å². The van der Waals surface area contributed by atoms with Crippen LogP contribution in [0.2, 0.25) is 0 Å². The molecule has 0 aliphatic heterocycles. The molecule has 5 heteroatoms. The lowest BCUT2D eigenvalue weighted by molar-refractivity contribution is 0.0594. The van der Waals surface area contributed by atoms with E-state index >= 15 is 0 Å². The maximum absolute atomic E-state index is 12.9. The van der Waals surface area contributed by atoms with Gasteiger partial charge in [-0.25, -0.2) is 9.18 Å². The van der Waals surface area contributed by atoms with Crippen LogP contribution in [-0.4, -0.2) is 17.7 Å². The molecule has 3 aromatic carbocycles. The summed E-state index contributed by atoms with van der Waals surface area (Å²) in [6.07, 6.45) is 0. The molecule has 0 aliphatic carbocycles. The molecule has 3 rings (SSSR count). The maximum atomic E-state index is 12.9. The second-order valence-electron chi connectivity index (χ2n) is 6.88. The first-order valence-electron chi connectivity index (χ1n) is 9.08. The number of hydrogen-bond donors (Lipinski definition) is 3. The summed E-state index contributed by atoms with van der Waals surface area (Å²) in [4.78, 5) is 12.0. The molecular formula is C23H23FN2O2. The summed E-state index contributed by atoms with van der Waals surface area (Å²) >= 11 is 0. The van der Waals surface area contributed by atoms with Crippen molar-refractivity contribution in [2.75, 3.05) is 6.54 Å². The molecule has 0 bridgehead atoms. The predicted molar refractivity (Wildman–Crippen MR) is 108 cm³/mol. The first kappa shape index (κ1) is 19.6. The number of benzene rings is 3. The van der Waals surface area contributed by atoms with Crippen molar-refractivity contribution in [1.29, 1.82) is 0 Å². The minimum atomic E-state index is -1.21. The minimum Gasteiger partial charge on any atom is -0.384 e. The molecule has 3 N–H and O–H groups in total. The van der Waals surface area contributed by atoms with E-state index in [1.807, 2.05) is 54.6 Å². The number of aliphatic hydroxyl groups is 1. The summed E-state index contributed by atoms with van der Waals surface area (Å²) in [7, 11) is 0. The van der Waals surface area contributed by atoms with Crippen LogP contribution in [0.15, 0.2) is 78.9 Å². The second kappa shape index (κ2) is 8.67. The molecule has 0 heterocycles. The number of amides is 2. The van der Waals surface area contributed by atoms with E-state index in [1.54, 1.807) is 19.1 Å². The third-order valence-corrected chi connectivity index (χ3v) is 4.57. The minimum absolute atomic E-state index is 0.0624. The van der Waals surface area contributed by atoms with Gasteiger partial charge in [0, 0.05) is 6.54 Å². The third-order valence-electron chi connectivity index (χ3n) is 4.57. The molecule has 4 nitrogen and oxygen atoms in total. The second-order valence-corrected chi connectivity index (χ2v) is 6.88. The van der Waals surface area contributed by atoms with Crippen LogP contribution in [0.25, 0.3) is 11.1 Å². The summed E-state index contributed by atoms with van der Waals surface area (Å²) in [5, 5.41) is 16.1. The summed E-state index contributed by atoms with van der Waals surface area (Å²) in [5.74, 6) is -0.317. The Labute approximate surface area is 164 Å². The lowest BCUT2D eigenvalue weighted by Crippen LogP contribution is -2.43. The van der Waals surface area contributed by atoms with Crippen molar-refractivity contribution in [3.63, 3.8) is 0 Å². The van der Waals surface area contributed by atoms with Gasteiger partial charge in [-0.1, -0.05) is 66.7 Å². The molecule has 0 fully saturated rings. The highest BCUT2D eigenvalue weighted by molar-refractivity contribution is 5.74. The van der Waals surface area contributed by atoms with Crippen LogP contribution in [0.1, 0.15) is 18.1 Å². The van der Waals surface area contributed by atoms with E-state index in [0.29, 0.717) is 5.56 Å². The van der Waals surface area contributed by atoms with Gasteiger partial charge in [0.05, 0.1) is 6.54 Å². The van der Waals surface area contributed by atoms with Gasteiger partial charge in [0.25, 0.3) is 0 Å². The van der Waals surface area contributed by atoms with E-state index in [2.05, 4.69) is 10.6 Å². The summed E-state index contributed by atoms with van der Waals surface area (Å²) in [6.45, 7) is 2.00. The van der Waals surface area contributed by atoms with Crippen LogP contribution in [0.5, 0.6) is 0 Å². The van der Waals surface area contributed by atoms with E-state index < -0.39 is 11.6 Å². The predicted octanol–water partition coefficient (Wildman–Crippen LogP) is 4.20. The SMILES string of the molecule is C[C@@](O)(CNC(=O)NCc1ccc(F)cc1)c1ccc(-c2ccccc2)cc1. The zero-order chi connectivity index (χ0) is 20.0. The topological polar surface area (TPSA) is 61.4 Å². The fraction of sp³-hybridized carbons (Fsp3) is 0.174. The van der Waals surface area contributed by atoms with Gasteiger partial charge in [-0.15, -0.1) is 0 Å². The average Bonchev–Trinajstić information content (AvgIpc) is 2.73. The monoisotopic (exact) mass is 378 g/mol. The zero-order valence-electron chi connectivity index (χ0n) is 15.7. The van der Waals surface area contributed by atoms with Crippen molar-refractivity contribution in [1.82, 2.24) is 10.6 Å². The van der Waals surface area contributed by atoms with E-state index in [0.717, 1.165) is 16.7 Å². The molecule has 2 amide bonds. The van der Waals surface area contributed by atoms with E-state index in [4.69, 9.17) is 0 Å². The Morgan fingerprint density at radius 1 is 0.893 bits per heavy atom. The van der Waals surface area contributed by atoms with Crippen LogP contribution >= 0.6 is 0 Å². The Balaban J connectivity index is 1.54. The average molecular weight is 378 g/mol. The number of carbonyl (C=O) groups excluding carboxylic acids is 1. The van der Waals surface area contributed by atoms with Crippen LogP contribution in [0, 0.1) is 5.82 Å². The molecule has 0 saturated carbocycles. The quantitative estimate of drug-likeness (QED) is 0.602. The fourth-order valence-electron chi connectivity index (χ4n) is 2.85. The number of rotatable bonds is 6. The van der Waals surface area contributed by atoms with Crippen LogP contribution in [0.3, 0.4) is 0 Å². The first-order chi connectivity index (χ1) is 13.4. The molecule has 1 atom stereocenters. The molecule has 0 saturated heterocycles. The molecule has 28 heavy (non-hydrogen) atoms. The van der Waals surface area contributed by atoms with Crippen molar-refractivity contribution in [2.24, 2.45) is 0 Å². The van der Waals surface area contributed by atoms with E-state index in [1.165, 1.54) is 12.1 Å². The van der Waals surface area contributed by atoms with Gasteiger partial charge in [0.15, 0.2) is 0 Å². The highest BCUT2D eigenvalue weighted by Crippen LogP contribution is 2.24. The third kappa shape index (κ3) is 5.18. The lowest BCUT2D eigenvalue weighted by atomic mass is 9.94.